The van der Waals surface area contributed by atoms with Crippen molar-refractivity contribution in [3.05, 3.63) is 109 Å². The number of aromatic amines is 2. The number of hydrogen-bond acceptors (Lipinski definition) is 8. The van der Waals surface area contributed by atoms with Gasteiger partial charge in [0.25, 0.3) is 0 Å². The van der Waals surface area contributed by atoms with E-state index in [1.807, 2.05) is 0 Å². The van der Waals surface area contributed by atoms with Gasteiger partial charge in [-0.3, -0.25) is 14.3 Å². The number of halogens is 3. The van der Waals surface area contributed by atoms with Gasteiger partial charge in [-0.1, -0.05) is 40.9 Å². The number of carbonyl (C=O) groups is 2. The van der Waals surface area contributed by atoms with Crippen molar-refractivity contribution in [1.29, 1.82) is 0 Å². The molecule has 17 heteroatoms. The first-order valence-corrected chi connectivity index (χ1v) is 14.5. The van der Waals surface area contributed by atoms with Gasteiger partial charge >= 0.3 is 5.97 Å². The van der Waals surface area contributed by atoms with Crippen molar-refractivity contribution in [2.24, 2.45) is 7.05 Å². The van der Waals surface area contributed by atoms with E-state index < -0.39 is 23.5 Å². The molecule has 0 aliphatic carbocycles. The monoisotopic (exact) mass is 678 g/mol. The van der Waals surface area contributed by atoms with Crippen LogP contribution in [0.4, 0.5) is 0 Å². The molecule has 4 heterocycles. The number of aromatic nitrogens is 9. The third kappa shape index (κ3) is 6.40. The number of aryl methyl sites for hydroxylation is 1. The van der Waals surface area contributed by atoms with E-state index in [9.17, 15) is 19.5 Å². The molecule has 0 fully saturated rings. The number of carbonyl (C=O) groups excluding carboxylic acids is 1. The summed E-state index contributed by atoms with van der Waals surface area (Å²) in [5.74, 6) is -1.44. The third-order valence-electron chi connectivity index (χ3n) is 6.92. The van der Waals surface area contributed by atoms with E-state index in [1.165, 1.54) is 17.1 Å². The maximum Gasteiger partial charge on any atom is 0.336 e. The molecule has 1 amide bonds. The molecule has 0 radical (unpaired) electrons. The first-order valence-electron chi connectivity index (χ1n) is 13.4. The standard InChI is InChI=1S/C29H21Cl3N10O4/c1-41-12-19(31)21(38-41)11-22(35-24(43)7-3-14-8-16(30)4-6-23(14)42-13-33-39-40-42)28-36-26(27(32)37-28)15-2-5-20-17(9-15)18(29(45)46)10-25(44)34-20/h2-10,12-13,22H,11H2,1H3,(H,34,44)(H,35,43)(H,36,37)(H,45,46)/b7-3+. The van der Waals surface area contributed by atoms with Gasteiger partial charge in [-0.05, 0) is 46.8 Å². The largest absolute Gasteiger partial charge is 0.478 e. The molecule has 2 aromatic carbocycles. The van der Waals surface area contributed by atoms with E-state index in [0.717, 1.165) is 6.07 Å². The number of aromatic carboxylic acids is 1. The van der Waals surface area contributed by atoms with Gasteiger partial charge in [-0.15, -0.1) is 5.10 Å². The molecule has 46 heavy (non-hydrogen) atoms. The van der Waals surface area contributed by atoms with Crippen molar-refractivity contribution in [2.75, 3.05) is 0 Å². The van der Waals surface area contributed by atoms with Crippen molar-refractivity contribution >= 4 is 63.7 Å². The second-order valence-electron chi connectivity index (χ2n) is 10.1. The number of H-pyrrole nitrogens is 2. The number of carboxylic acid groups (broad SMARTS) is 1. The maximum atomic E-state index is 13.3. The molecule has 1 atom stereocenters. The summed E-state index contributed by atoms with van der Waals surface area (Å²) in [6.07, 6.45) is 6.11. The van der Waals surface area contributed by atoms with Crippen molar-refractivity contribution in [3.8, 4) is 16.9 Å². The highest BCUT2D eigenvalue weighted by molar-refractivity contribution is 6.32. The summed E-state index contributed by atoms with van der Waals surface area (Å²) in [7, 11) is 1.72. The quantitative estimate of drug-likeness (QED) is 0.161. The predicted octanol–water partition coefficient (Wildman–Crippen LogP) is 4.40. The minimum atomic E-state index is -1.26. The van der Waals surface area contributed by atoms with Gasteiger partial charge in [-0.25, -0.2) is 9.78 Å². The summed E-state index contributed by atoms with van der Waals surface area (Å²) in [5, 5.41) is 29.5. The second-order valence-corrected chi connectivity index (χ2v) is 11.3. The first kappa shape index (κ1) is 30.7. The van der Waals surface area contributed by atoms with Crippen LogP contribution in [-0.2, 0) is 18.3 Å². The fraction of sp³-hybridized carbons (Fsp3) is 0.103. The molecular formula is C29H21Cl3N10O4. The Labute approximate surface area is 273 Å². The average molecular weight is 680 g/mol. The lowest BCUT2D eigenvalue weighted by atomic mass is 10.0. The van der Waals surface area contributed by atoms with Gasteiger partial charge < -0.3 is 20.4 Å². The molecule has 0 aliphatic heterocycles. The zero-order valence-electron chi connectivity index (χ0n) is 23.6. The van der Waals surface area contributed by atoms with Crippen LogP contribution < -0.4 is 10.9 Å². The molecule has 4 N–H and O–H groups in total. The van der Waals surface area contributed by atoms with Crippen LogP contribution in [0.3, 0.4) is 0 Å². The predicted molar refractivity (Wildman–Crippen MR) is 170 cm³/mol. The number of amides is 1. The molecular weight excluding hydrogens is 659 g/mol. The lowest BCUT2D eigenvalue weighted by Gasteiger charge is -2.15. The van der Waals surface area contributed by atoms with Crippen molar-refractivity contribution in [2.45, 2.75) is 12.5 Å². The molecule has 1 unspecified atom stereocenters. The maximum absolute atomic E-state index is 13.3. The highest BCUT2D eigenvalue weighted by Gasteiger charge is 2.24. The summed E-state index contributed by atoms with van der Waals surface area (Å²) in [5.41, 5.74) is 2.09. The van der Waals surface area contributed by atoms with Gasteiger partial charge in [0.2, 0.25) is 11.5 Å². The Balaban J connectivity index is 1.34. The minimum Gasteiger partial charge on any atom is -0.478 e. The van der Waals surface area contributed by atoms with Gasteiger partial charge in [0, 0.05) is 58.9 Å². The Morgan fingerprint density at radius 2 is 1.93 bits per heavy atom. The molecule has 6 aromatic rings. The number of imidazole rings is 1. The number of nitrogens with one attached hydrogen (secondary N) is 3. The Morgan fingerprint density at radius 3 is 2.65 bits per heavy atom. The highest BCUT2D eigenvalue weighted by Crippen LogP contribution is 2.32. The summed E-state index contributed by atoms with van der Waals surface area (Å²) in [6, 6.07) is 10.1. The van der Waals surface area contributed by atoms with Crippen LogP contribution in [0.5, 0.6) is 0 Å². The highest BCUT2D eigenvalue weighted by atomic mass is 35.5. The van der Waals surface area contributed by atoms with Gasteiger partial charge in [0.1, 0.15) is 23.0 Å². The number of benzene rings is 2. The number of rotatable bonds is 9. The topological polar surface area (TPSA) is 189 Å². The van der Waals surface area contributed by atoms with E-state index >= 15 is 0 Å². The molecule has 14 nitrogen and oxygen atoms in total. The van der Waals surface area contributed by atoms with Crippen LogP contribution >= 0.6 is 34.8 Å². The van der Waals surface area contributed by atoms with E-state index in [2.05, 4.69) is 40.9 Å². The Bertz CT molecular complexity index is 2200. The van der Waals surface area contributed by atoms with Crippen molar-refractivity contribution < 1.29 is 14.7 Å². The van der Waals surface area contributed by atoms with Gasteiger partial charge in [0.15, 0.2) is 0 Å². The molecule has 0 spiro atoms. The molecule has 6 rings (SSSR count). The Morgan fingerprint density at radius 1 is 1.11 bits per heavy atom. The van der Waals surface area contributed by atoms with E-state index in [4.69, 9.17) is 34.8 Å². The zero-order valence-corrected chi connectivity index (χ0v) is 25.8. The molecule has 0 aliphatic rings. The summed E-state index contributed by atoms with van der Waals surface area (Å²) in [4.78, 5) is 47.4. The number of pyridine rings is 1. The Hall–Kier alpha value is -5.31. The second kappa shape index (κ2) is 12.6. The number of tetrazole rings is 1. The van der Waals surface area contributed by atoms with Crippen LogP contribution in [-0.4, -0.2) is 61.9 Å². The molecule has 0 saturated heterocycles. The number of nitrogens with zero attached hydrogens (tertiary/aromatic N) is 7. The lowest BCUT2D eigenvalue weighted by Crippen LogP contribution is -2.29. The molecule has 0 bridgehead atoms. The van der Waals surface area contributed by atoms with Crippen LogP contribution in [0.1, 0.15) is 33.5 Å². The van der Waals surface area contributed by atoms with E-state index in [0.29, 0.717) is 55.0 Å². The molecule has 0 saturated carbocycles. The number of carboxylic acids is 1. The summed E-state index contributed by atoms with van der Waals surface area (Å²) < 4.78 is 2.99. The smallest absolute Gasteiger partial charge is 0.336 e. The first-order chi connectivity index (χ1) is 22.0. The molecule has 232 valence electrons. The summed E-state index contributed by atoms with van der Waals surface area (Å²) >= 11 is 19.2. The Kier molecular flexibility index (Phi) is 8.41. The van der Waals surface area contributed by atoms with E-state index in [1.54, 1.807) is 60.4 Å². The fourth-order valence-electron chi connectivity index (χ4n) is 4.88. The van der Waals surface area contributed by atoms with Crippen LogP contribution in [0, 0.1) is 0 Å². The zero-order chi connectivity index (χ0) is 32.5. The fourth-order valence-corrected chi connectivity index (χ4v) is 5.57. The average Bonchev–Trinajstić information content (AvgIpc) is 3.75. The number of hydrogen-bond donors (Lipinski definition) is 4. The normalized spacial score (nSPS) is 12.2. The minimum absolute atomic E-state index is 0.141. The summed E-state index contributed by atoms with van der Waals surface area (Å²) in [6.45, 7) is 0. The third-order valence-corrected chi connectivity index (χ3v) is 7.75. The SMILES string of the molecule is Cn1cc(Cl)c(CC(NC(=O)/C=C/c2cc(Cl)ccc2-n2cnnn2)c2nc(-c3ccc4[nH]c(=O)cc(C(=O)O)c4c3)c(Cl)[nH]2)n1. The van der Waals surface area contributed by atoms with Gasteiger partial charge in [-0.2, -0.15) is 9.78 Å². The van der Waals surface area contributed by atoms with Gasteiger partial charge in [0.05, 0.1) is 28.0 Å². The molecule has 4 aromatic heterocycles. The van der Waals surface area contributed by atoms with Crippen LogP contribution in [0.25, 0.3) is 33.9 Å². The van der Waals surface area contributed by atoms with Crippen LogP contribution in [0.2, 0.25) is 15.2 Å². The van der Waals surface area contributed by atoms with Crippen molar-refractivity contribution in [1.82, 2.24) is 50.3 Å². The van der Waals surface area contributed by atoms with Crippen LogP contribution in [0.15, 0.2) is 65.9 Å². The van der Waals surface area contributed by atoms with Crippen molar-refractivity contribution in [3.63, 3.8) is 0 Å². The number of fused-ring (bicyclic) bond motifs is 1. The van der Waals surface area contributed by atoms with E-state index in [-0.39, 0.29) is 17.1 Å². The lowest BCUT2D eigenvalue weighted by molar-refractivity contribution is -0.117.